The highest BCUT2D eigenvalue weighted by atomic mass is 32.1. The van der Waals surface area contributed by atoms with E-state index >= 15 is 0 Å². The standard InChI is InChI=1S/C13H8FN3S/c1-9-11(2-3-18)8-16-17(9)13-5-10(7-15)4-12(14)6-13/h4-6,8,18H,1H3. The summed E-state index contributed by atoms with van der Waals surface area (Å²) in [4.78, 5) is 0. The van der Waals surface area contributed by atoms with Gasteiger partial charge in [-0.15, -0.1) is 0 Å². The summed E-state index contributed by atoms with van der Waals surface area (Å²) >= 11 is 3.82. The van der Waals surface area contributed by atoms with Gasteiger partial charge in [-0.05, 0) is 30.4 Å². The van der Waals surface area contributed by atoms with Crippen LogP contribution in [0.3, 0.4) is 0 Å². The van der Waals surface area contributed by atoms with E-state index in [1.807, 2.05) is 13.0 Å². The van der Waals surface area contributed by atoms with E-state index in [-0.39, 0.29) is 5.56 Å². The van der Waals surface area contributed by atoms with Crippen LogP contribution in [0, 0.1) is 35.2 Å². The molecule has 0 radical (unpaired) electrons. The predicted octanol–water partition coefficient (Wildman–Crippen LogP) is 2.43. The lowest BCUT2D eigenvalue weighted by atomic mass is 10.2. The minimum absolute atomic E-state index is 0.252. The van der Waals surface area contributed by atoms with Crippen molar-refractivity contribution in [3.05, 3.63) is 47.0 Å². The Balaban J connectivity index is 2.58. The highest BCUT2D eigenvalue weighted by Crippen LogP contribution is 2.16. The molecule has 0 saturated carbocycles. The fourth-order valence-electron chi connectivity index (χ4n) is 1.61. The average molecular weight is 257 g/mol. The fourth-order valence-corrected chi connectivity index (χ4v) is 1.73. The van der Waals surface area contributed by atoms with E-state index in [0.717, 1.165) is 5.69 Å². The lowest BCUT2D eigenvalue weighted by Crippen LogP contribution is -2.00. The summed E-state index contributed by atoms with van der Waals surface area (Å²) in [5, 5.41) is 15.4. The van der Waals surface area contributed by atoms with Crippen molar-refractivity contribution in [2.45, 2.75) is 6.92 Å². The highest BCUT2D eigenvalue weighted by molar-refractivity contribution is 7.85. The van der Waals surface area contributed by atoms with Crippen molar-refractivity contribution in [2.24, 2.45) is 0 Å². The molecule has 0 bridgehead atoms. The molecule has 0 fully saturated rings. The molecule has 88 valence electrons. The van der Waals surface area contributed by atoms with Gasteiger partial charge in [-0.3, -0.25) is 0 Å². The van der Waals surface area contributed by atoms with Crippen LogP contribution in [0.15, 0.2) is 24.4 Å². The van der Waals surface area contributed by atoms with Gasteiger partial charge in [0.05, 0.1) is 34.8 Å². The van der Waals surface area contributed by atoms with Crippen molar-refractivity contribution in [1.29, 1.82) is 5.26 Å². The zero-order chi connectivity index (χ0) is 13.1. The first kappa shape index (κ1) is 12.2. The first-order chi connectivity index (χ1) is 8.65. The second-order valence-electron chi connectivity index (χ2n) is 3.60. The first-order valence-electron chi connectivity index (χ1n) is 5.06. The normalized spacial score (nSPS) is 9.44. The molecule has 18 heavy (non-hydrogen) atoms. The number of nitriles is 1. The van der Waals surface area contributed by atoms with E-state index in [1.54, 1.807) is 12.3 Å². The number of thiol groups is 1. The Morgan fingerprint density at radius 3 is 2.83 bits per heavy atom. The van der Waals surface area contributed by atoms with Crippen LogP contribution in [0.5, 0.6) is 0 Å². The monoisotopic (exact) mass is 257 g/mol. The van der Waals surface area contributed by atoms with Crippen LogP contribution in [0.2, 0.25) is 0 Å². The Kier molecular flexibility index (Phi) is 3.36. The molecule has 0 atom stereocenters. The molecule has 3 nitrogen and oxygen atoms in total. The van der Waals surface area contributed by atoms with E-state index in [9.17, 15) is 4.39 Å². The van der Waals surface area contributed by atoms with Crippen molar-refractivity contribution in [1.82, 2.24) is 9.78 Å². The molecule has 2 aromatic rings. The van der Waals surface area contributed by atoms with E-state index < -0.39 is 5.82 Å². The van der Waals surface area contributed by atoms with Gasteiger partial charge in [0.2, 0.25) is 0 Å². The second-order valence-corrected chi connectivity index (χ2v) is 3.83. The number of hydrogen-bond acceptors (Lipinski definition) is 3. The van der Waals surface area contributed by atoms with Crippen LogP contribution < -0.4 is 0 Å². The number of nitrogens with zero attached hydrogens (tertiary/aromatic N) is 3. The molecule has 0 unspecified atom stereocenters. The molecule has 1 heterocycles. The molecule has 0 saturated heterocycles. The van der Waals surface area contributed by atoms with Crippen LogP contribution in [-0.4, -0.2) is 9.78 Å². The second kappa shape index (κ2) is 4.95. The minimum atomic E-state index is -0.472. The van der Waals surface area contributed by atoms with Crippen molar-refractivity contribution in [3.63, 3.8) is 0 Å². The Morgan fingerprint density at radius 1 is 1.39 bits per heavy atom. The topological polar surface area (TPSA) is 41.6 Å². The SMILES string of the molecule is Cc1c(C#CS)cnn1-c1cc(F)cc(C#N)c1. The van der Waals surface area contributed by atoms with E-state index in [1.165, 1.54) is 16.8 Å². The maximum atomic E-state index is 13.4. The van der Waals surface area contributed by atoms with Gasteiger partial charge in [-0.25, -0.2) is 9.07 Å². The van der Waals surface area contributed by atoms with Crippen LogP contribution in [0.4, 0.5) is 4.39 Å². The molecule has 0 aliphatic heterocycles. The fraction of sp³-hybridized carbons (Fsp3) is 0.0769. The van der Waals surface area contributed by atoms with Gasteiger partial charge in [-0.2, -0.15) is 10.4 Å². The van der Waals surface area contributed by atoms with Gasteiger partial charge in [0.1, 0.15) is 5.82 Å². The molecule has 0 spiro atoms. The average Bonchev–Trinajstić information content (AvgIpc) is 2.71. The van der Waals surface area contributed by atoms with Crippen molar-refractivity contribution in [2.75, 3.05) is 0 Å². The molecule has 2 rings (SSSR count). The molecule has 0 amide bonds. The third-order valence-electron chi connectivity index (χ3n) is 2.46. The summed E-state index contributed by atoms with van der Waals surface area (Å²) in [6.45, 7) is 1.82. The molecule has 0 aliphatic rings. The zero-order valence-electron chi connectivity index (χ0n) is 9.48. The first-order valence-corrected chi connectivity index (χ1v) is 5.51. The Hall–Kier alpha value is -2.24. The van der Waals surface area contributed by atoms with Crippen LogP contribution >= 0.6 is 12.6 Å². The Morgan fingerprint density at radius 2 is 2.17 bits per heavy atom. The summed E-state index contributed by atoms with van der Waals surface area (Å²) in [6.07, 6.45) is 1.58. The number of rotatable bonds is 1. The maximum Gasteiger partial charge on any atom is 0.126 e. The van der Waals surface area contributed by atoms with E-state index in [2.05, 4.69) is 28.9 Å². The third-order valence-corrected chi connectivity index (χ3v) is 2.57. The highest BCUT2D eigenvalue weighted by Gasteiger charge is 2.08. The van der Waals surface area contributed by atoms with Crippen molar-refractivity contribution >= 4 is 12.6 Å². The summed E-state index contributed by atoms with van der Waals surface area (Å²) < 4.78 is 14.9. The van der Waals surface area contributed by atoms with Crippen LogP contribution in [-0.2, 0) is 0 Å². The molecule has 0 N–H and O–H groups in total. The lowest BCUT2D eigenvalue weighted by molar-refractivity contribution is 0.624. The molecule has 0 aliphatic carbocycles. The summed E-state index contributed by atoms with van der Waals surface area (Å²) in [6, 6.07) is 5.97. The van der Waals surface area contributed by atoms with Gasteiger partial charge in [0, 0.05) is 0 Å². The summed E-state index contributed by atoms with van der Waals surface area (Å²) in [5.41, 5.74) is 2.23. The maximum absolute atomic E-state index is 13.4. The number of aromatic nitrogens is 2. The molecular formula is C13H8FN3S. The number of benzene rings is 1. The van der Waals surface area contributed by atoms with Gasteiger partial charge in [0.15, 0.2) is 0 Å². The summed E-state index contributed by atoms with van der Waals surface area (Å²) in [5.74, 6) is 2.31. The zero-order valence-corrected chi connectivity index (χ0v) is 10.4. The number of hydrogen-bond donors (Lipinski definition) is 1. The summed E-state index contributed by atoms with van der Waals surface area (Å²) in [7, 11) is 0. The molecular weight excluding hydrogens is 249 g/mol. The van der Waals surface area contributed by atoms with Gasteiger partial charge in [-0.1, -0.05) is 18.5 Å². The molecule has 5 heteroatoms. The number of halogens is 1. The van der Waals surface area contributed by atoms with E-state index in [4.69, 9.17) is 5.26 Å². The van der Waals surface area contributed by atoms with Crippen LogP contribution in [0.1, 0.15) is 16.8 Å². The Bertz CT molecular complexity index is 701. The van der Waals surface area contributed by atoms with Crippen molar-refractivity contribution in [3.8, 4) is 22.9 Å². The predicted molar refractivity (Wildman–Crippen MR) is 68.8 cm³/mol. The largest absolute Gasteiger partial charge is 0.237 e. The molecule has 1 aromatic carbocycles. The minimum Gasteiger partial charge on any atom is -0.237 e. The van der Waals surface area contributed by atoms with E-state index in [0.29, 0.717) is 11.3 Å². The Labute approximate surface area is 109 Å². The van der Waals surface area contributed by atoms with Crippen LogP contribution in [0.25, 0.3) is 5.69 Å². The molecule has 1 aromatic heterocycles. The lowest BCUT2D eigenvalue weighted by Gasteiger charge is -2.05. The third kappa shape index (κ3) is 2.22. The van der Waals surface area contributed by atoms with Gasteiger partial charge >= 0.3 is 0 Å². The smallest absolute Gasteiger partial charge is 0.126 e. The van der Waals surface area contributed by atoms with Gasteiger partial charge < -0.3 is 0 Å². The van der Waals surface area contributed by atoms with Crippen molar-refractivity contribution < 1.29 is 4.39 Å². The van der Waals surface area contributed by atoms with Gasteiger partial charge in [0.25, 0.3) is 0 Å². The quantitative estimate of drug-likeness (QED) is 0.629.